The molecule has 3 aromatic carbocycles. The van der Waals surface area contributed by atoms with Gasteiger partial charge < -0.3 is 14.2 Å². The average Bonchev–Trinajstić information content (AvgIpc) is 2.77. The third-order valence-corrected chi connectivity index (χ3v) is 5.97. The van der Waals surface area contributed by atoms with Crippen LogP contribution in [0.5, 0.6) is 5.75 Å². The molecular formula is C26H29NO5S. The first kappa shape index (κ1) is 24.5. The maximum absolute atomic E-state index is 12.5. The molecule has 6 nitrogen and oxygen atoms in total. The smallest absolute Gasteiger partial charge is 0.339 e. The summed E-state index contributed by atoms with van der Waals surface area (Å²) in [7, 11) is -3.92. The molecule has 0 saturated carbocycles. The third-order valence-electron chi connectivity index (χ3n) is 4.71. The first-order valence-electron chi connectivity index (χ1n) is 10.7. The van der Waals surface area contributed by atoms with Crippen LogP contribution in [0.25, 0.3) is 0 Å². The maximum Gasteiger partial charge on any atom is 0.339 e. The minimum atomic E-state index is -3.92. The zero-order valence-corrected chi connectivity index (χ0v) is 19.8. The Hall–Kier alpha value is -3.16. The molecule has 0 aliphatic heterocycles. The Morgan fingerprint density at radius 2 is 1.45 bits per heavy atom. The Bertz CT molecular complexity index is 1140. The normalized spacial score (nSPS) is 12.7. The molecule has 1 atom stereocenters. The highest BCUT2D eigenvalue weighted by Crippen LogP contribution is 2.25. The quantitative estimate of drug-likeness (QED) is 0.352. The number of hydrogen-bond acceptors (Lipinski definition) is 6. The molecule has 3 aromatic rings. The van der Waals surface area contributed by atoms with E-state index in [1.807, 2.05) is 51.1 Å². The maximum atomic E-state index is 12.5. The van der Waals surface area contributed by atoms with Crippen molar-refractivity contribution in [2.75, 3.05) is 0 Å². The lowest BCUT2D eigenvalue weighted by molar-refractivity contribution is -0.155. The largest absolute Gasteiger partial charge is 0.460 e. The van der Waals surface area contributed by atoms with E-state index in [2.05, 4.69) is 5.32 Å². The number of rotatable bonds is 9. The lowest BCUT2D eigenvalue weighted by atomic mass is 10.0. The van der Waals surface area contributed by atoms with Crippen molar-refractivity contribution in [3.05, 3.63) is 96.1 Å². The number of nitrogens with one attached hydrogen (secondary N) is 1. The van der Waals surface area contributed by atoms with Crippen molar-refractivity contribution in [1.29, 1.82) is 0 Å². The second-order valence-electron chi connectivity index (χ2n) is 8.63. The fourth-order valence-corrected chi connectivity index (χ4v) is 4.16. The summed E-state index contributed by atoms with van der Waals surface area (Å²) in [6.07, 6.45) is 0.132. The number of carbonyl (C=O) groups is 1. The molecule has 0 fully saturated rings. The highest BCUT2D eigenvalue weighted by molar-refractivity contribution is 7.87. The van der Waals surface area contributed by atoms with Crippen molar-refractivity contribution in [2.24, 2.45) is 0 Å². The van der Waals surface area contributed by atoms with Gasteiger partial charge in [0.1, 0.15) is 16.2 Å². The van der Waals surface area contributed by atoms with Crippen molar-refractivity contribution in [2.45, 2.75) is 50.3 Å². The Labute approximate surface area is 195 Å². The molecule has 1 N–H and O–H groups in total. The summed E-state index contributed by atoms with van der Waals surface area (Å²) < 4.78 is 35.7. The Balaban J connectivity index is 1.75. The van der Waals surface area contributed by atoms with Gasteiger partial charge in [-0.2, -0.15) is 8.42 Å². The van der Waals surface area contributed by atoms with E-state index in [1.165, 1.54) is 12.1 Å². The fraction of sp³-hybridized carbons (Fsp3) is 0.269. The van der Waals surface area contributed by atoms with Crippen LogP contribution in [0.3, 0.4) is 0 Å². The average molecular weight is 468 g/mol. The van der Waals surface area contributed by atoms with Crippen molar-refractivity contribution in [1.82, 2.24) is 5.32 Å². The second kappa shape index (κ2) is 10.6. The molecular weight excluding hydrogens is 438 g/mol. The molecule has 0 aliphatic carbocycles. The van der Waals surface area contributed by atoms with E-state index in [1.54, 1.807) is 42.5 Å². The minimum Gasteiger partial charge on any atom is -0.460 e. The van der Waals surface area contributed by atoms with Gasteiger partial charge in [-0.1, -0.05) is 60.7 Å². The van der Waals surface area contributed by atoms with Gasteiger partial charge in [0.25, 0.3) is 0 Å². The highest BCUT2D eigenvalue weighted by atomic mass is 32.2. The van der Waals surface area contributed by atoms with Gasteiger partial charge in [0.2, 0.25) is 0 Å². The lowest BCUT2D eigenvalue weighted by Gasteiger charge is -2.23. The van der Waals surface area contributed by atoms with Crippen LogP contribution >= 0.6 is 0 Å². The van der Waals surface area contributed by atoms with Crippen LogP contribution in [0.2, 0.25) is 0 Å². The molecule has 0 radical (unpaired) electrons. The molecule has 0 bridgehead atoms. The van der Waals surface area contributed by atoms with E-state index in [0.29, 0.717) is 6.54 Å². The summed E-state index contributed by atoms with van der Waals surface area (Å²) in [5.41, 5.74) is 1.33. The van der Waals surface area contributed by atoms with Crippen LogP contribution in [-0.2, 0) is 26.2 Å². The van der Waals surface area contributed by atoms with E-state index in [0.717, 1.165) is 11.1 Å². The zero-order chi connectivity index (χ0) is 23.9. The second-order valence-corrected chi connectivity index (χ2v) is 10.2. The van der Waals surface area contributed by atoms with E-state index in [4.69, 9.17) is 8.92 Å². The van der Waals surface area contributed by atoms with Gasteiger partial charge in [0, 0.05) is 12.6 Å². The summed E-state index contributed by atoms with van der Waals surface area (Å²) in [6, 6.07) is 24.2. The van der Waals surface area contributed by atoms with Crippen molar-refractivity contribution < 1.29 is 22.1 Å². The summed E-state index contributed by atoms with van der Waals surface area (Å²) in [6.45, 7) is 6.05. The summed E-state index contributed by atoms with van der Waals surface area (Å²) in [4.78, 5) is 12.6. The van der Waals surface area contributed by atoms with E-state index in [9.17, 15) is 13.2 Å². The molecule has 0 saturated heterocycles. The van der Waals surface area contributed by atoms with Crippen molar-refractivity contribution >= 4 is 16.1 Å². The van der Waals surface area contributed by atoms with Crippen molar-refractivity contribution in [3.63, 3.8) is 0 Å². The predicted molar refractivity (Wildman–Crippen MR) is 127 cm³/mol. The molecule has 7 heteroatoms. The van der Waals surface area contributed by atoms with E-state index in [-0.39, 0.29) is 29.1 Å². The van der Waals surface area contributed by atoms with E-state index >= 15 is 0 Å². The Kier molecular flexibility index (Phi) is 7.89. The minimum absolute atomic E-state index is 0.0846. The summed E-state index contributed by atoms with van der Waals surface area (Å²) in [5, 5.41) is 3.40. The van der Waals surface area contributed by atoms with Crippen LogP contribution < -0.4 is 9.50 Å². The molecule has 174 valence electrons. The molecule has 0 spiro atoms. The van der Waals surface area contributed by atoms with Gasteiger partial charge in [0.05, 0.1) is 6.42 Å². The van der Waals surface area contributed by atoms with Crippen molar-refractivity contribution in [3.8, 4) is 5.75 Å². The number of hydrogen-bond donors (Lipinski definition) is 1. The summed E-state index contributed by atoms with van der Waals surface area (Å²) >= 11 is 0. The van der Waals surface area contributed by atoms with Crippen LogP contribution in [-0.4, -0.2) is 20.0 Å². The predicted octanol–water partition coefficient (Wildman–Crippen LogP) is 5.02. The fourth-order valence-electron chi connectivity index (χ4n) is 3.21. The van der Waals surface area contributed by atoms with Gasteiger partial charge in [0.15, 0.2) is 0 Å². The number of carbonyl (C=O) groups excluding carboxylic acids is 1. The number of esters is 1. The van der Waals surface area contributed by atoms with Crippen LogP contribution in [0, 0.1) is 0 Å². The summed E-state index contributed by atoms with van der Waals surface area (Å²) in [5.74, 6) is -0.123. The number of ether oxygens (including phenoxy) is 1. The molecule has 33 heavy (non-hydrogen) atoms. The van der Waals surface area contributed by atoms with Gasteiger partial charge in [-0.3, -0.25) is 4.79 Å². The Morgan fingerprint density at radius 1 is 0.879 bits per heavy atom. The number of benzene rings is 3. The van der Waals surface area contributed by atoms with Crippen LogP contribution in [0.15, 0.2) is 89.8 Å². The highest BCUT2D eigenvalue weighted by Gasteiger charge is 2.22. The van der Waals surface area contributed by atoms with Crippen LogP contribution in [0.4, 0.5) is 0 Å². The molecule has 0 amide bonds. The third kappa shape index (κ3) is 7.73. The molecule has 3 rings (SSSR count). The SMILES string of the molecule is CC(C)(C)OC(=O)CC(NCc1ccccc1)c1ccc(OS(=O)(=O)c2ccccc2)cc1. The first-order valence-corrected chi connectivity index (χ1v) is 12.1. The Morgan fingerprint density at radius 3 is 2.03 bits per heavy atom. The topological polar surface area (TPSA) is 81.7 Å². The van der Waals surface area contributed by atoms with Crippen LogP contribution in [0.1, 0.15) is 44.4 Å². The molecule has 0 aromatic heterocycles. The lowest BCUT2D eigenvalue weighted by Crippen LogP contribution is -2.29. The molecule has 1 unspecified atom stereocenters. The van der Waals surface area contributed by atoms with Gasteiger partial charge >= 0.3 is 16.1 Å². The van der Waals surface area contributed by atoms with Gasteiger partial charge in [-0.15, -0.1) is 0 Å². The monoisotopic (exact) mass is 467 g/mol. The molecule has 0 heterocycles. The van der Waals surface area contributed by atoms with Gasteiger partial charge in [-0.25, -0.2) is 0 Å². The standard InChI is InChI=1S/C26H29NO5S/c1-26(2,3)31-25(28)18-24(27-19-20-10-6-4-7-11-20)21-14-16-22(17-15-21)32-33(29,30)23-12-8-5-9-13-23/h4-17,24,27H,18-19H2,1-3H3. The zero-order valence-electron chi connectivity index (χ0n) is 19.0. The molecule has 0 aliphatic rings. The van der Waals surface area contributed by atoms with E-state index < -0.39 is 15.7 Å². The first-order chi connectivity index (χ1) is 15.6. The van der Waals surface area contributed by atoms with Gasteiger partial charge in [-0.05, 0) is 56.2 Å².